The Hall–Kier alpha value is -0.730. The molecule has 1 heterocycles. The summed E-state index contributed by atoms with van der Waals surface area (Å²) in [5, 5.41) is 4.40. The lowest BCUT2D eigenvalue weighted by molar-refractivity contribution is 0.404. The van der Waals surface area contributed by atoms with E-state index in [0.717, 1.165) is 30.5 Å². The van der Waals surface area contributed by atoms with Gasteiger partial charge in [-0.2, -0.15) is 0 Å². The van der Waals surface area contributed by atoms with Gasteiger partial charge in [0, 0.05) is 29.8 Å². The molecule has 0 aliphatic carbocycles. The molecule has 3 heteroatoms. The Balaban J connectivity index is 2.07. The van der Waals surface area contributed by atoms with E-state index in [2.05, 4.69) is 49.2 Å². The van der Waals surface area contributed by atoms with E-state index in [9.17, 15) is 0 Å². The minimum absolute atomic E-state index is 0.316. The van der Waals surface area contributed by atoms with Crippen molar-refractivity contribution in [2.45, 2.75) is 52.5 Å². The van der Waals surface area contributed by atoms with E-state index in [4.69, 9.17) is 11.6 Å². The quantitative estimate of drug-likeness (QED) is 0.793. The number of benzene rings is 1. The second kappa shape index (κ2) is 8.05. The number of hydrogen-bond donors (Lipinski definition) is 1. The fraction of sp³-hybridized carbons (Fsp3) is 0.667. The van der Waals surface area contributed by atoms with Gasteiger partial charge in [-0.25, -0.2) is 0 Å². The summed E-state index contributed by atoms with van der Waals surface area (Å²) in [5.41, 5.74) is 2.49. The predicted molar refractivity (Wildman–Crippen MR) is 93.4 cm³/mol. The molecule has 1 aromatic rings. The van der Waals surface area contributed by atoms with E-state index < -0.39 is 0 Å². The number of nitrogens with zero attached hydrogens (tertiary/aromatic N) is 1. The summed E-state index contributed by atoms with van der Waals surface area (Å²) in [4.78, 5) is 2.50. The van der Waals surface area contributed by atoms with E-state index in [1.807, 2.05) is 0 Å². The van der Waals surface area contributed by atoms with Crippen molar-refractivity contribution >= 4 is 17.3 Å². The van der Waals surface area contributed by atoms with Crippen molar-refractivity contribution in [2.75, 3.05) is 24.5 Å². The molecule has 1 N–H and O–H groups in total. The van der Waals surface area contributed by atoms with Crippen LogP contribution in [0.3, 0.4) is 0 Å². The summed E-state index contributed by atoms with van der Waals surface area (Å²) in [5.74, 6) is 0.836. The molecule has 1 aromatic carbocycles. The minimum Gasteiger partial charge on any atom is -0.371 e. The maximum atomic E-state index is 6.53. The fourth-order valence-electron chi connectivity index (χ4n) is 3.17. The van der Waals surface area contributed by atoms with Crippen LogP contribution in [0.5, 0.6) is 0 Å². The van der Waals surface area contributed by atoms with Crippen molar-refractivity contribution in [1.82, 2.24) is 5.32 Å². The Labute approximate surface area is 134 Å². The number of piperidine rings is 1. The van der Waals surface area contributed by atoms with Gasteiger partial charge in [-0.05, 0) is 56.3 Å². The minimum atomic E-state index is 0.316. The number of hydrogen-bond acceptors (Lipinski definition) is 2. The molecule has 2 atom stereocenters. The average Bonchev–Trinajstić information content (AvgIpc) is 2.52. The molecule has 21 heavy (non-hydrogen) atoms. The van der Waals surface area contributed by atoms with Crippen LogP contribution in [0, 0.1) is 5.92 Å². The summed E-state index contributed by atoms with van der Waals surface area (Å²) in [6.45, 7) is 10.0. The lowest BCUT2D eigenvalue weighted by atomic mass is 9.95. The first-order chi connectivity index (χ1) is 10.2. The van der Waals surface area contributed by atoms with Crippen LogP contribution in [0.2, 0.25) is 5.02 Å². The van der Waals surface area contributed by atoms with E-state index in [0.29, 0.717) is 6.04 Å². The van der Waals surface area contributed by atoms with Gasteiger partial charge in [-0.3, -0.25) is 0 Å². The summed E-state index contributed by atoms with van der Waals surface area (Å²) < 4.78 is 0. The molecule has 0 saturated carbocycles. The van der Waals surface area contributed by atoms with Crippen molar-refractivity contribution < 1.29 is 0 Å². The third-order valence-electron chi connectivity index (χ3n) is 4.61. The molecular weight excluding hydrogens is 280 g/mol. The van der Waals surface area contributed by atoms with Crippen molar-refractivity contribution in [3.8, 4) is 0 Å². The highest BCUT2D eigenvalue weighted by molar-refractivity contribution is 6.31. The van der Waals surface area contributed by atoms with Crippen molar-refractivity contribution in [2.24, 2.45) is 5.92 Å². The molecule has 2 nitrogen and oxygen atoms in total. The maximum absolute atomic E-state index is 6.53. The molecule has 0 aromatic heterocycles. The Morgan fingerprint density at radius 1 is 1.38 bits per heavy atom. The molecule has 0 radical (unpaired) electrons. The molecule has 2 unspecified atom stereocenters. The molecule has 2 rings (SSSR count). The molecule has 0 amide bonds. The van der Waals surface area contributed by atoms with Gasteiger partial charge in [-0.1, -0.05) is 37.9 Å². The van der Waals surface area contributed by atoms with Crippen LogP contribution in [0.4, 0.5) is 5.69 Å². The summed E-state index contributed by atoms with van der Waals surface area (Å²) >= 11 is 6.53. The number of nitrogens with one attached hydrogen (secondary N) is 1. The Kier molecular flexibility index (Phi) is 6.38. The van der Waals surface area contributed by atoms with Crippen LogP contribution in [-0.4, -0.2) is 19.6 Å². The van der Waals surface area contributed by atoms with Gasteiger partial charge in [0.05, 0.1) is 0 Å². The van der Waals surface area contributed by atoms with E-state index in [1.54, 1.807) is 0 Å². The van der Waals surface area contributed by atoms with Crippen LogP contribution in [0.15, 0.2) is 18.2 Å². The summed E-state index contributed by atoms with van der Waals surface area (Å²) in [6, 6.07) is 6.90. The standard InChI is InChI=1S/C18H29ClN2/c1-4-10-20-14(3)17-9-8-16(12-18(17)19)21-11-6-7-15(5-2)13-21/h8-9,12,14-15,20H,4-7,10-11,13H2,1-3H3. The normalized spacial score (nSPS) is 20.6. The van der Waals surface area contributed by atoms with Crippen molar-refractivity contribution in [1.29, 1.82) is 0 Å². The van der Waals surface area contributed by atoms with Crippen LogP contribution < -0.4 is 10.2 Å². The molecule has 1 aliphatic heterocycles. The number of anilines is 1. The van der Waals surface area contributed by atoms with Gasteiger partial charge in [0.25, 0.3) is 0 Å². The van der Waals surface area contributed by atoms with Crippen LogP contribution in [0.25, 0.3) is 0 Å². The third-order valence-corrected chi connectivity index (χ3v) is 4.94. The monoisotopic (exact) mass is 308 g/mol. The molecular formula is C18H29ClN2. The van der Waals surface area contributed by atoms with E-state index in [1.165, 1.54) is 37.1 Å². The highest BCUT2D eigenvalue weighted by Crippen LogP contribution is 2.30. The first kappa shape index (κ1) is 16.6. The van der Waals surface area contributed by atoms with E-state index in [-0.39, 0.29) is 0 Å². The molecule has 0 spiro atoms. The van der Waals surface area contributed by atoms with Gasteiger partial charge in [0.2, 0.25) is 0 Å². The first-order valence-corrected chi connectivity index (χ1v) is 8.81. The van der Waals surface area contributed by atoms with E-state index >= 15 is 0 Å². The van der Waals surface area contributed by atoms with Crippen molar-refractivity contribution in [3.05, 3.63) is 28.8 Å². The highest BCUT2D eigenvalue weighted by atomic mass is 35.5. The number of rotatable bonds is 6. The zero-order valence-corrected chi connectivity index (χ0v) is 14.4. The van der Waals surface area contributed by atoms with Gasteiger partial charge in [0.15, 0.2) is 0 Å². The second-order valence-electron chi connectivity index (χ2n) is 6.24. The molecule has 0 bridgehead atoms. The van der Waals surface area contributed by atoms with Gasteiger partial charge in [-0.15, -0.1) is 0 Å². The predicted octanol–water partition coefficient (Wildman–Crippen LogP) is 5.03. The van der Waals surface area contributed by atoms with Gasteiger partial charge >= 0.3 is 0 Å². The Bertz CT molecular complexity index is 447. The van der Waals surface area contributed by atoms with Crippen LogP contribution >= 0.6 is 11.6 Å². The molecule has 1 saturated heterocycles. The molecule has 1 aliphatic rings. The third kappa shape index (κ3) is 4.37. The van der Waals surface area contributed by atoms with Crippen LogP contribution in [-0.2, 0) is 0 Å². The molecule has 118 valence electrons. The zero-order valence-electron chi connectivity index (χ0n) is 13.7. The average molecular weight is 309 g/mol. The Morgan fingerprint density at radius 2 is 2.19 bits per heavy atom. The maximum Gasteiger partial charge on any atom is 0.0474 e. The summed E-state index contributed by atoms with van der Waals surface area (Å²) in [6.07, 6.45) is 5.09. The lowest BCUT2D eigenvalue weighted by Gasteiger charge is -2.34. The number of halogens is 1. The lowest BCUT2D eigenvalue weighted by Crippen LogP contribution is -2.35. The van der Waals surface area contributed by atoms with Gasteiger partial charge in [0.1, 0.15) is 0 Å². The van der Waals surface area contributed by atoms with Crippen LogP contribution in [0.1, 0.15) is 58.1 Å². The topological polar surface area (TPSA) is 15.3 Å². The smallest absolute Gasteiger partial charge is 0.0474 e. The zero-order chi connectivity index (χ0) is 15.2. The summed E-state index contributed by atoms with van der Waals surface area (Å²) in [7, 11) is 0. The second-order valence-corrected chi connectivity index (χ2v) is 6.65. The fourth-order valence-corrected chi connectivity index (χ4v) is 3.51. The van der Waals surface area contributed by atoms with Crippen molar-refractivity contribution in [3.63, 3.8) is 0 Å². The highest BCUT2D eigenvalue weighted by Gasteiger charge is 2.19. The largest absolute Gasteiger partial charge is 0.371 e. The Morgan fingerprint density at radius 3 is 2.86 bits per heavy atom. The molecule has 1 fully saturated rings. The first-order valence-electron chi connectivity index (χ1n) is 8.43. The SMILES string of the molecule is CCCNC(C)c1ccc(N2CCCC(CC)C2)cc1Cl. The van der Waals surface area contributed by atoms with Gasteiger partial charge < -0.3 is 10.2 Å².